The molecule has 3 rings (SSSR count). The van der Waals surface area contributed by atoms with Crippen molar-refractivity contribution in [2.24, 2.45) is 5.92 Å². The molecule has 108 valence electrons. The summed E-state index contributed by atoms with van der Waals surface area (Å²) in [7, 11) is 0. The lowest BCUT2D eigenvalue weighted by molar-refractivity contribution is -0.141. The maximum Gasteiger partial charge on any atom is 0.307 e. The number of rotatable bonds is 4. The van der Waals surface area contributed by atoms with Crippen LogP contribution < -0.4 is 0 Å². The van der Waals surface area contributed by atoms with Crippen molar-refractivity contribution in [3.63, 3.8) is 0 Å². The lowest BCUT2D eigenvalue weighted by atomic mass is 9.96. The molecule has 0 fully saturated rings. The van der Waals surface area contributed by atoms with Gasteiger partial charge in [-0.2, -0.15) is 4.98 Å². The Balaban J connectivity index is 1.92. The molecule has 0 saturated heterocycles. The van der Waals surface area contributed by atoms with Gasteiger partial charge in [0.05, 0.1) is 16.1 Å². The van der Waals surface area contributed by atoms with E-state index in [0.29, 0.717) is 11.7 Å². The van der Waals surface area contributed by atoms with Crippen molar-refractivity contribution in [1.82, 2.24) is 15.1 Å². The Labute approximate surface area is 124 Å². The van der Waals surface area contributed by atoms with Crippen LogP contribution in [0.15, 0.2) is 28.2 Å². The molecule has 0 aliphatic rings. The number of hydrogen-bond acceptors (Lipinski definition) is 6. The van der Waals surface area contributed by atoms with Crippen molar-refractivity contribution in [1.29, 1.82) is 0 Å². The van der Waals surface area contributed by atoms with Crippen LogP contribution in [0.2, 0.25) is 0 Å². The van der Waals surface area contributed by atoms with Gasteiger partial charge in [0.15, 0.2) is 0 Å². The number of carbonyl (C=O) groups is 1. The van der Waals surface area contributed by atoms with E-state index in [0.717, 1.165) is 15.8 Å². The molecule has 3 heterocycles. The van der Waals surface area contributed by atoms with Crippen molar-refractivity contribution >= 4 is 27.5 Å². The van der Waals surface area contributed by atoms with E-state index in [1.54, 1.807) is 31.4 Å². The molecule has 0 amide bonds. The van der Waals surface area contributed by atoms with Gasteiger partial charge in [-0.05, 0) is 17.5 Å². The lowest BCUT2D eigenvalue weighted by Crippen LogP contribution is -2.16. The van der Waals surface area contributed by atoms with Gasteiger partial charge in [0.25, 0.3) is 0 Å². The van der Waals surface area contributed by atoms with Gasteiger partial charge in [0, 0.05) is 17.7 Å². The first-order chi connectivity index (χ1) is 10.1. The molecule has 0 saturated carbocycles. The number of aliphatic carboxylic acids is 1. The number of carboxylic acids is 1. The molecule has 0 aromatic carbocycles. The minimum Gasteiger partial charge on any atom is -0.481 e. The Hall–Kier alpha value is -2.28. The van der Waals surface area contributed by atoms with Gasteiger partial charge in [-0.15, -0.1) is 11.3 Å². The van der Waals surface area contributed by atoms with Crippen LogP contribution in [0.25, 0.3) is 21.6 Å². The zero-order valence-electron chi connectivity index (χ0n) is 11.5. The highest BCUT2D eigenvalue weighted by Gasteiger charge is 2.26. The summed E-state index contributed by atoms with van der Waals surface area (Å²) < 4.78 is 6.24. The first kappa shape index (κ1) is 13.7. The van der Waals surface area contributed by atoms with Gasteiger partial charge in [0.1, 0.15) is 0 Å². The average Bonchev–Trinajstić information content (AvgIpc) is 3.13. The molecule has 21 heavy (non-hydrogen) atoms. The molecule has 6 nitrogen and oxygen atoms in total. The largest absolute Gasteiger partial charge is 0.481 e. The summed E-state index contributed by atoms with van der Waals surface area (Å²) in [5, 5.41) is 14.9. The number of pyridine rings is 1. The molecule has 3 aromatic heterocycles. The van der Waals surface area contributed by atoms with Crippen LogP contribution in [0.5, 0.6) is 0 Å². The summed E-state index contributed by atoms with van der Waals surface area (Å²) >= 11 is 1.59. The van der Waals surface area contributed by atoms with Crippen LogP contribution in [0.4, 0.5) is 0 Å². The highest BCUT2D eigenvalue weighted by molar-refractivity contribution is 7.17. The second-order valence-corrected chi connectivity index (χ2v) is 5.85. The van der Waals surface area contributed by atoms with Crippen LogP contribution in [0.1, 0.15) is 25.7 Å². The molecule has 0 radical (unpaired) electrons. The SMILES string of the molecule is CC(C(=O)O)C(C)c1nc(-c2cnc3ccsc3c2)no1. The van der Waals surface area contributed by atoms with Crippen LogP contribution in [0, 0.1) is 5.92 Å². The lowest BCUT2D eigenvalue weighted by Gasteiger charge is -2.10. The summed E-state index contributed by atoms with van der Waals surface area (Å²) in [4.78, 5) is 19.6. The Bertz CT molecular complexity index is 795. The number of carboxylic acid groups (broad SMARTS) is 1. The smallest absolute Gasteiger partial charge is 0.307 e. The summed E-state index contributed by atoms with van der Waals surface area (Å²) in [6, 6.07) is 3.90. The van der Waals surface area contributed by atoms with E-state index < -0.39 is 11.9 Å². The van der Waals surface area contributed by atoms with E-state index in [-0.39, 0.29) is 5.92 Å². The number of fused-ring (bicyclic) bond motifs is 1. The topological polar surface area (TPSA) is 89.1 Å². The average molecular weight is 303 g/mol. The van der Waals surface area contributed by atoms with Crippen LogP contribution >= 0.6 is 11.3 Å². The van der Waals surface area contributed by atoms with E-state index >= 15 is 0 Å². The minimum atomic E-state index is -0.885. The van der Waals surface area contributed by atoms with E-state index in [1.807, 2.05) is 17.5 Å². The standard InChI is InChI=1S/C14H13N3O3S/c1-7(8(2)14(18)19)13-16-12(17-20-13)9-5-11-10(15-6-9)3-4-21-11/h3-8H,1-2H3,(H,18,19). The van der Waals surface area contributed by atoms with Crippen LogP contribution in [0.3, 0.4) is 0 Å². The molecule has 2 atom stereocenters. The fourth-order valence-electron chi connectivity index (χ4n) is 1.93. The normalized spacial score (nSPS) is 14.2. The zero-order chi connectivity index (χ0) is 15.0. The van der Waals surface area contributed by atoms with Crippen LogP contribution in [-0.2, 0) is 4.79 Å². The molecule has 2 unspecified atom stereocenters. The van der Waals surface area contributed by atoms with Crippen molar-refractivity contribution in [3.8, 4) is 11.4 Å². The number of hydrogen-bond donors (Lipinski definition) is 1. The Morgan fingerprint density at radius 3 is 3.00 bits per heavy atom. The molecule has 3 aromatic rings. The van der Waals surface area contributed by atoms with Gasteiger partial charge in [-0.3, -0.25) is 9.78 Å². The van der Waals surface area contributed by atoms with Crippen LogP contribution in [-0.4, -0.2) is 26.2 Å². The molecule has 7 heteroatoms. The summed E-state index contributed by atoms with van der Waals surface area (Å²) in [5.74, 6) is -1.06. The summed E-state index contributed by atoms with van der Waals surface area (Å²) in [6.45, 7) is 3.38. The third kappa shape index (κ3) is 2.52. The fourth-order valence-corrected chi connectivity index (χ4v) is 2.71. The molecule has 0 bridgehead atoms. The number of aromatic nitrogens is 3. The fraction of sp³-hybridized carbons (Fsp3) is 0.286. The molecule has 1 N–H and O–H groups in total. The van der Waals surface area contributed by atoms with Gasteiger partial charge in [-0.25, -0.2) is 0 Å². The van der Waals surface area contributed by atoms with Crippen molar-refractivity contribution < 1.29 is 14.4 Å². The van der Waals surface area contributed by atoms with Crippen molar-refractivity contribution in [2.45, 2.75) is 19.8 Å². The monoisotopic (exact) mass is 303 g/mol. The first-order valence-electron chi connectivity index (χ1n) is 6.46. The van der Waals surface area contributed by atoms with E-state index in [2.05, 4.69) is 15.1 Å². The summed E-state index contributed by atoms with van der Waals surface area (Å²) in [5.41, 5.74) is 1.69. The van der Waals surface area contributed by atoms with Gasteiger partial charge < -0.3 is 9.63 Å². The maximum atomic E-state index is 11.0. The summed E-state index contributed by atoms with van der Waals surface area (Å²) in [6.07, 6.45) is 1.69. The van der Waals surface area contributed by atoms with E-state index in [1.165, 1.54) is 0 Å². The van der Waals surface area contributed by atoms with Gasteiger partial charge >= 0.3 is 5.97 Å². The first-order valence-corrected chi connectivity index (χ1v) is 7.34. The zero-order valence-corrected chi connectivity index (χ0v) is 12.3. The molecule has 0 aliphatic heterocycles. The Morgan fingerprint density at radius 2 is 2.24 bits per heavy atom. The molecule has 0 spiro atoms. The van der Waals surface area contributed by atoms with Crippen molar-refractivity contribution in [2.75, 3.05) is 0 Å². The predicted molar refractivity (Wildman–Crippen MR) is 78.1 cm³/mol. The highest BCUT2D eigenvalue weighted by atomic mass is 32.1. The molecular weight excluding hydrogens is 290 g/mol. The Morgan fingerprint density at radius 1 is 1.43 bits per heavy atom. The highest BCUT2D eigenvalue weighted by Crippen LogP contribution is 2.27. The van der Waals surface area contributed by atoms with Gasteiger partial charge in [-0.1, -0.05) is 19.0 Å². The third-order valence-corrected chi connectivity index (χ3v) is 4.38. The number of nitrogens with zero attached hydrogens (tertiary/aromatic N) is 3. The third-order valence-electron chi connectivity index (χ3n) is 3.53. The molecular formula is C14H13N3O3S. The second-order valence-electron chi connectivity index (χ2n) is 4.90. The minimum absolute atomic E-state index is 0.325. The predicted octanol–water partition coefficient (Wildman–Crippen LogP) is 3.17. The van der Waals surface area contributed by atoms with E-state index in [9.17, 15) is 4.79 Å². The van der Waals surface area contributed by atoms with Gasteiger partial charge in [0.2, 0.25) is 11.7 Å². The number of thiophene rings is 1. The van der Waals surface area contributed by atoms with E-state index in [4.69, 9.17) is 9.63 Å². The maximum absolute atomic E-state index is 11.0. The Kier molecular flexibility index (Phi) is 3.42. The quantitative estimate of drug-likeness (QED) is 0.796. The second kappa shape index (κ2) is 5.25. The molecule has 0 aliphatic carbocycles. The van der Waals surface area contributed by atoms with Crippen molar-refractivity contribution in [3.05, 3.63) is 29.6 Å².